The third-order valence-corrected chi connectivity index (χ3v) is 2.96. The zero-order valence-corrected chi connectivity index (χ0v) is 11.4. The number of carboxylic acids is 1. The van der Waals surface area contributed by atoms with Crippen LogP contribution in [0.3, 0.4) is 0 Å². The Labute approximate surface area is 110 Å². The Bertz CT molecular complexity index is 253. The Balaban J connectivity index is 3.64. The fraction of sp³-hybridized carbons (Fsp3) is 0.786. The van der Waals surface area contributed by atoms with Crippen LogP contribution < -0.4 is 0 Å². The Hall–Kier alpha value is -0.680. The van der Waals surface area contributed by atoms with Gasteiger partial charge in [-0.3, -0.25) is 4.79 Å². The van der Waals surface area contributed by atoms with Gasteiger partial charge < -0.3 is 5.11 Å². The normalized spacial score (nSPS) is 11.6. The van der Waals surface area contributed by atoms with Crippen molar-refractivity contribution in [3.05, 3.63) is 0 Å². The van der Waals surface area contributed by atoms with E-state index in [1.54, 1.807) is 0 Å². The summed E-state index contributed by atoms with van der Waals surface area (Å²) < 4.78 is 0. The summed E-state index contributed by atoms with van der Waals surface area (Å²) in [5.41, 5.74) is 0. The predicted molar refractivity (Wildman–Crippen MR) is 72.2 cm³/mol. The number of halogens is 1. The lowest BCUT2D eigenvalue weighted by atomic mass is 10.0. The molecule has 0 rings (SSSR count). The van der Waals surface area contributed by atoms with Gasteiger partial charge in [-0.1, -0.05) is 32.1 Å². The molecule has 0 aromatic carbocycles. The van der Waals surface area contributed by atoms with Gasteiger partial charge in [0.05, 0.1) is 0 Å². The molecule has 0 heterocycles. The highest BCUT2D eigenvalue weighted by Crippen LogP contribution is 2.11. The largest absolute Gasteiger partial charge is 0.481 e. The maximum absolute atomic E-state index is 10.3. The minimum absolute atomic E-state index is 0.229. The summed E-state index contributed by atoms with van der Waals surface area (Å²) >= 11 is 5.83. The summed E-state index contributed by atoms with van der Waals surface area (Å²) in [6, 6.07) is 0. The number of hydrogen-bond acceptors (Lipinski definition) is 1. The van der Waals surface area contributed by atoms with Crippen molar-refractivity contribution < 1.29 is 9.90 Å². The van der Waals surface area contributed by atoms with Crippen LogP contribution >= 0.6 is 11.6 Å². The number of alkyl halides is 1. The molecular weight excluding hydrogens is 236 g/mol. The van der Waals surface area contributed by atoms with Gasteiger partial charge in [0.15, 0.2) is 0 Å². The number of hydrogen-bond donors (Lipinski definition) is 1. The standard InChI is InChI=1S/C14H23ClO2/c1-2-3-4-5-6-9-13(12-15)10-7-8-11-14(16)17/h13H,2-5,7-8,10-12H2,1H3,(H,16,17). The van der Waals surface area contributed by atoms with Crippen LogP contribution in [0.15, 0.2) is 0 Å². The second-order valence-electron chi connectivity index (χ2n) is 4.27. The number of carboxylic acid groups (broad SMARTS) is 1. The molecule has 17 heavy (non-hydrogen) atoms. The monoisotopic (exact) mass is 258 g/mol. The minimum atomic E-state index is -0.724. The van der Waals surface area contributed by atoms with Gasteiger partial charge in [0.1, 0.15) is 0 Å². The highest BCUT2D eigenvalue weighted by Gasteiger charge is 2.04. The number of rotatable bonds is 9. The van der Waals surface area contributed by atoms with Crippen LogP contribution in [0.1, 0.15) is 58.3 Å². The molecule has 0 aromatic rings. The van der Waals surface area contributed by atoms with Gasteiger partial charge in [-0.15, -0.1) is 17.5 Å². The fourth-order valence-corrected chi connectivity index (χ4v) is 1.77. The molecule has 0 radical (unpaired) electrons. The van der Waals surface area contributed by atoms with Crippen LogP contribution in [-0.4, -0.2) is 17.0 Å². The average Bonchev–Trinajstić information content (AvgIpc) is 2.31. The van der Waals surface area contributed by atoms with E-state index in [4.69, 9.17) is 16.7 Å². The molecule has 3 heteroatoms. The zero-order valence-electron chi connectivity index (χ0n) is 10.7. The second-order valence-corrected chi connectivity index (χ2v) is 4.58. The maximum Gasteiger partial charge on any atom is 0.303 e. The maximum atomic E-state index is 10.3. The van der Waals surface area contributed by atoms with Crippen molar-refractivity contribution >= 4 is 17.6 Å². The predicted octanol–water partition coefficient (Wildman–Crippen LogP) is 4.07. The molecule has 2 nitrogen and oxygen atoms in total. The minimum Gasteiger partial charge on any atom is -0.481 e. The summed E-state index contributed by atoms with van der Waals surface area (Å²) in [7, 11) is 0. The van der Waals surface area contributed by atoms with E-state index < -0.39 is 5.97 Å². The third kappa shape index (κ3) is 11.6. The number of carbonyl (C=O) groups is 1. The van der Waals surface area contributed by atoms with Crippen LogP contribution in [0.4, 0.5) is 0 Å². The van der Waals surface area contributed by atoms with Gasteiger partial charge >= 0.3 is 5.97 Å². The van der Waals surface area contributed by atoms with Crippen molar-refractivity contribution in [3.63, 3.8) is 0 Å². The van der Waals surface area contributed by atoms with Crippen molar-refractivity contribution in [3.8, 4) is 11.8 Å². The van der Waals surface area contributed by atoms with E-state index in [1.807, 2.05) is 0 Å². The number of unbranched alkanes of at least 4 members (excludes halogenated alkanes) is 4. The SMILES string of the molecule is CCCCCC#CC(CCl)CCCCC(=O)O. The lowest BCUT2D eigenvalue weighted by Gasteiger charge is -2.05. The van der Waals surface area contributed by atoms with E-state index >= 15 is 0 Å². The van der Waals surface area contributed by atoms with E-state index in [2.05, 4.69) is 18.8 Å². The first-order valence-electron chi connectivity index (χ1n) is 6.46. The Kier molecular flexibility index (Phi) is 11.3. The third-order valence-electron chi connectivity index (χ3n) is 2.59. The molecule has 0 fully saturated rings. The first kappa shape index (κ1) is 16.3. The molecule has 0 bridgehead atoms. The highest BCUT2D eigenvalue weighted by atomic mass is 35.5. The highest BCUT2D eigenvalue weighted by molar-refractivity contribution is 6.18. The van der Waals surface area contributed by atoms with E-state index in [0.29, 0.717) is 5.88 Å². The first-order valence-corrected chi connectivity index (χ1v) is 7.00. The van der Waals surface area contributed by atoms with E-state index in [1.165, 1.54) is 12.8 Å². The van der Waals surface area contributed by atoms with Gasteiger partial charge in [0.25, 0.3) is 0 Å². The first-order chi connectivity index (χ1) is 8.20. The lowest BCUT2D eigenvalue weighted by molar-refractivity contribution is -0.137. The van der Waals surface area contributed by atoms with E-state index in [9.17, 15) is 4.79 Å². The van der Waals surface area contributed by atoms with Crippen molar-refractivity contribution in [2.24, 2.45) is 5.92 Å². The van der Waals surface area contributed by atoms with Gasteiger partial charge in [-0.2, -0.15) is 0 Å². The van der Waals surface area contributed by atoms with Crippen LogP contribution in [0.2, 0.25) is 0 Å². The molecule has 1 N–H and O–H groups in total. The topological polar surface area (TPSA) is 37.3 Å². The van der Waals surface area contributed by atoms with E-state index in [0.717, 1.165) is 32.1 Å². The molecule has 0 aromatic heterocycles. The summed E-state index contributed by atoms with van der Waals surface area (Å²) in [5.74, 6) is 6.41. The van der Waals surface area contributed by atoms with Gasteiger partial charge in [0.2, 0.25) is 0 Å². The molecule has 0 aliphatic heterocycles. The Morgan fingerprint density at radius 1 is 1.29 bits per heavy atom. The molecule has 0 amide bonds. The quantitative estimate of drug-likeness (QED) is 0.385. The average molecular weight is 259 g/mol. The molecule has 1 unspecified atom stereocenters. The van der Waals surface area contributed by atoms with Crippen molar-refractivity contribution in [2.45, 2.75) is 58.3 Å². The summed E-state index contributed by atoms with van der Waals surface area (Å²) in [6.45, 7) is 2.18. The molecule has 0 aliphatic rings. The number of aliphatic carboxylic acids is 1. The van der Waals surface area contributed by atoms with Gasteiger partial charge in [-0.25, -0.2) is 0 Å². The van der Waals surface area contributed by atoms with E-state index in [-0.39, 0.29) is 12.3 Å². The van der Waals surface area contributed by atoms with Gasteiger partial charge in [0, 0.05) is 24.6 Å². The molecule has 0 saturated heterocycles. The van der Waals surface area contributed by atoms with Gasteiger partial charge in [-0.05, 0) is 19.3 Å². The summed E-state index contributed by atoms with van der Waals surface area (Å²) in [4.78, 5) is 10.3. The summed E-state index contributed by atoms with van der Waals surface area (Å²) in [5, 5.41) is 8.51. The van der Waals surface area contributed by atoms with Crippen molar-refractivity contribution in [2.75, 3.05) is 5.88 Å². The molecule has 98 valence electrons. The molecule has 0 spiro atoms. The van der Waals surface area contributed by atoms with Crippen LogP contribution in [-0.2, 0) is 4.79 Å². The van der Waals surface area contributed by atoms with Crippen molar-refractivity contribution in [1.82, 2.24) is 0 Å². The van der Waals surface area contributed by atoms with Crippen LogP contribution in [0, 0.1) is 17.8 Å². The van der Waals surface area contributed by atoms with Crippen LogP contribution in [0.25, 0.3) is 0 Å². The molecule has 0 saturated carbocycles. The fourth-order valence-electron chi connectivity index (χ4n) is 1.53. The summed E-state index contributed by atoms with van der Waals surface area (Å²) in [6.07, 6.45) is 7.35. The second kappa shape index (κ2) is 11.8. The smallest absolute Gasteiger partial charge is 0.303 e. The molecule has 1 atom stereocenters. The lowest BCUT2D eigenvalue weighted by Crippen LogP contribution is -2.00. The molecule has 0 aliphatic carbocycles. The Morgan fingerprint density at radius 3 is 2.65 bits per heavy atom. The molecular formula is C14H23ClO2. The van der Waals surface area contributed by atoms with Crippen molar-refractivity contribution in [1.29, 1.82) is 0 Å². The Morgan fingerprint density at radius 2 is 2.06 bits per heavy atom. The zero-order chi connectivity index (χ0) is 12.9. The van der Waals surface area contributed by atoms with Crippen LogP contribution in [0.5, 0.6) is 0 Å².